The van der Waals surface area contributed by atoms with Gasteiger partial charge < -0.3 is 4.98 Å². The summed E-state index contributed by atoms with van der Waals surface area (Å²) < 4.78 is 3.84. The molecule has 0 fully saturated rings. The molecule has 1 aromatic carbocycles. The Morgan fingerprint density at radius 3 is 2.79 bits per heavy atom. The van der Waals surface area contributed by atoms with Crippen LogP contribution in [0.15, 0.2) is 42.7 Å². The number of benzene rings is 1. The number of hydrogen-bond donors (Lipinski definition) is 1. The second-order valence-electron chi connectivity index (χ2n) is 5.77. The van der Waals surface area contributed by atoms with E-state index in [-0.39, 0.29) is 0 Å². The molecule has 0 radical (unpaired) electrons. The van der Waals surface area contributed by atoms with E-state index in [1.807, 2.05) is 52.8 Å². The highest BCUT2D eigenvalue weighted by atomic mass is 35.5. The van der Waals surface area contributed by atoms with Crippen LogP contribution in [0.2, 0.25) is 5.02 Å². The highest BCUT2D eigenvalue weighted by Crippen LogP contribution is 2.18. The Bertz CT molecular complexity index is 949. The normalized spacial score (nSPS) is 11.4. The molecule has 6 nitrogen and oxygen atoms in total. The van der Waals surface area contributed by atoms with Crippen LogP contribution >= 0.6 is 11.6 Å². The Morgan fingerprint density at radius 2 is 2.04 bits per heavy atom. The van der Waals surface area contributed by atoms with Gasteiger partial charge in [-0.2, -0.15) is 10.2 Å². The van der Waals surface area contributed by atoms with E-state index in [2.05, 4.69) is 15.2 Å². The number of rotatable bonds is 5. The van der Waals surface area contributed by atoms with Crippen LogP contribution < -0.4 is 0 Å². The number of aromatic amines is 1. The van der Waals surface area contributed by atoms with Gasteiger partial charge in [0.25, 0.3) is 0 Å². The predicted octanol–water partition coefficient (Wildman–Crippen LogP) is 3.21. The molecule has 122 valence electrons. The number of aromatic nitrogens is 6. The Hall–Kier alpha value is -2.60. The Balaban J connectivity index is 1.58. The van der Waals surface area contributed by atoms with Crippen LogP contribution in [0.25, 0.3) is 11.2 Å². The molecule has 0 unspecified atom stereocenters. The minimum atomic E-state index is 0.672. The highest BCUT2D eigenvalue weighted by molar-refractivity contribution is 6.30. The second-order valence-corrected chi connectivity index (χ2v) is 6.21. The van der Waals surface area contributed by atoms with Gasteiger partial charge in [0.15, 0.2) is 5.65 Å². The molecule has 4 aromatic rings. The molecule has 0 atom stereocenters. The van der Waals surface area contributed by atoms with E-state index in [1.54, 1.807) is 6.20 Å². The topological polar surface area (TPSA) is 64.3 Å². The zero-order chi connectivity index (χ0) is 16.5. The van der Waals surface area contributed by atoms with Crippen LogP contribution in [0.3, 0.4) is 0 Å². The zero-order valence-corrected chi connectivity index (χ0v) is 14.0. The van der Waals surface area contributed by atoms with Crippen molar-refractivity contribution >= 4 is 22.8 Å². The molecule has 0 saturated heterocycles. The van der Waals surface area contributed by atoms with Crippen molar-refractivity contribution in [1.29, 1.82) is 0 Å². The number of hydrogen-bond acceptors (Lipinski definition) is 3. The monoisotopic (exact) mass is 340 g/mol. The highest BCUT2D eigenvalue weighted by Gasteiger charge is 2.13. The molecular weight excluding hydrogens is 324 g/mol. The number of nitrogens with one attached hydrogen (secondary N) is 1. The molecule has 24 heavy (non-hydrogen) atoms. The van der Waals surface area contributed by atoms with Crippen LogP contribution in [-0.2, 0) is 19.5 Å². The van der Waals surface area contributed by atoms with Crippen molar-refractivity contribution < 1.29 is 0 Å². The van der Waals surface area contributed by atoms with E-state index in [0.29, 0.717) is 6.54 Å². The SMILES string of the molecule is Cc1nn(Cc2ccc(Cl)cc2)c2nc(CCn3cccn3)[nH]c12. The van der Waals surface area contributed by atoms with E-state index in [4.69, 9.17) is 16.6 Å². The van der Waals surface area contributed by atoms with Gasteiger partial charge in [0.1, 0.15) is 11.3 Å². The van der Waals surface area contributed by atoms with Gasteiger partial charge in [-0.3, -0.25) is 4.68 Å². The van der Waals surface area contributed by atoms with Gasteiger partial charge in [-0.1, -0.05) is 23.7 Å². The summed E-state index contributed by atoms with van der Waals surface area (Å²) in [4.78, 5) is 8.11. The third-order valence-corrected chi connectivity index (χ3v) is 4.25. The summed E-state index contributed by atoms with van der Waals surface area (Å²) >= 11 is 5.95. The summed E-state index contributed by atoms with van der Waals surface area (Å²) in [5.41, 5.74) is 3.99. The van der Waals surface area contributed by atoms with Crippen LogP contribution in [0, 0.1) is 6.92 Å². The summed E-state index contributed by atoms with van der Waals surface area (Å²) in [5, 5.41) is 9.55. The third-order valence-electron chi connectivity index (χ3n) is 3.99. The molecular formula is C17H17ClN6. The molecule has 0 spiro atoms. The van der Waals surface area contributed by atoms with Gasteiger partial charge in [0.05, 0.1) is 12.2 Å². The molecule has 0 amide bonds. The van der Waals surface area contributed by atoms with Crippen LogP contribution in [0.4, 0.5) is 0 Å². The Morgan fingerprint density at radius 1 is 1.21 bits per heavy atom. The smallest absolute Gasteiger partial charge is 0.176 e. The van der Waals surface area contributed by atoms with E-state index in [9.17, 15) is 0 Å². The van der Waals surface area contributed by atoms with Crippen molar-refractivity contribution in [3.8, 4) is 0 Å². The predicted molar refractivity (Wildman–Crippen MR) is 93.1 cm³/mol. The van der Waals surface area contributed by atoms with Crippen molar-refractivity contribution in [2.45, 2.75) is 26.4 Å². The summed E-state index contributed by atoms with van der Waals surface area (Å²) in [6, 6.07) is 9.73. The van der Waals surface area contributed by atoms with E-state index >= 15 is 0 Å². The molecule has 0 aliphatic heterocycles. The quantitative estimate of drug-likeness (QED) is 0.606. The number of aryl methyl sites for hydroxylation is 3. The van der Waals surface area contributed by atoms with E-state index in [1.165, 1.54) is 0 Å². The first-order valence-corrected chi connectivity index (χ1v) is 8.21. The van der Waals surface area contributed by atoms with Gasteiger partial charge in [-0.25, -0.2) is 9.67 Å². The van der Waals surface area contributed by atoms with E-state index in [0.717, 1.165) is 46.2 Å². The molecule has 0 aliphatic rings. The molecule has 7 heteroatoms. The molecule has 0 bridgehead atoms. The Labute approximate surface area is 144 Å². The number of halogens is 1. The minimum absolute atomic E-state index is 0.672. The third kappa shape index (κ3) is 2.92. The molecule has 3 heterocycles. The summed E-state index contributed by atoms with van der Waals surface area (Å²) in [7, 11) is 0. The number of H-pyrrole nitrogens is 1. The second kappa shape index (κ2) is 6.13. The lowest BCUT2D eigenvalue weighted by Gasteiger charge is -2.03. The fourth-order valence-corrected chi connectivity index (χ4v) is 2.90. The molecule has 0 aliphatic carbocycles. The lowest BCUT2D eigenvalue weighted by molar-refractivity contribution is 0.602. The van der Waals surface area contributed by atoms with Crippen LogP contribution in [0.5, 0.6) is 0 Å². The maximum Gasteiger partial charge on any atom is 0.176 e. The molecule has 1 N–H and O–H groups in total. The van der Waals surface area contributed by atoms with Crippen molar-refractivity contribution in [1.82, 2.24) is 29.5 Å². The number of nitrogens with zero attached hydrogens (tertiary/aromatic N) is 5. The summed E-state index contributed by atoms with van der Waals surface area (Å²) in [5.74, 6) is 0.950. The van der Waals surface area contributed by atoms with Gasteiger partial charge in [-0.05, 0) is 30.7 Å². The average molecular weight is 341 g/mol. The number of imidazole rings is 1. The standard InChI is InChI=1S/C17H17ClN6/c1-12-16-17(21-15(20-16)7-10-23-9-2-8-19-23)24(22-12)11-13-3-5-14(18)6-4-13/h2-6,8-9H,7,10-11H2,1H3,(H,20,21). The summed E-state index contributed by atoms with van der Waals surface area (Å²) in [6.45, 7) is 3.47. The lowest BCUT2D eigenvalue weighted by Crippen LogP contribution is -2.05. The average Bonchev–Trinajstić information content (AvgIpc) is 3.28. The Kier molecular flexibility index (Phi) is 3.82. The van der Waals surface area contributed by atoms with Gasteiger partial charge in [0, 0.05) is 30.4 Å². The van der Waals surface area contributed by atoms with Crippen LogP contribution in [-0.4, -0.2) is 29.5 Å². The first-order valence-electron chi connectivity index (χ1n) is 7.83. The first kappa shape index (κ1) is 15.0. The fourth-order valence-electron chi connectivity index (χ4n) is 2.77. The maximum atomic E-state index is 5.95. The minimum Gasteiger partial charge on any atom is -0.339 e. The van der Waals surface area contributed by atoms with Gasteiger partial charge in [0.2, 0.25) is 0 Å². The molecule has 0 saturated carbocycles. The van der Waals surface area contributed by atoms with Crippen molar-refractivity contribution in [3.05, 3.63) is 64.8 Å². The van der Waals surface area contributed by atoms with Crippen molar-refractivity contribution in [2.75, 3.05) is 0 Å². The maximum absolute atomic E-state index is 5.95. The number of fused-ring (bicyclic) bond motifs is 1. The zero-order valence-electron chi connectivity index (χ0n) is 13.3. The van der Waals surface area contributed by atoms with Crippen LogP contribution in [0.1, 0.15) is 17.1 Å². The van der Waals surface area contributed by atoms with E-state index < -0.39 is 0 Å². The first-order chi connectivity index (χ1) is 11.7. The fraction of sp³-hybridized carbons (Fsp3) is 0.235. The largest absolute Gasteiger partial charge is 0.339 e. The van der Waals surface area contributed by atoms with Gasteiger partial charge >= 0.3 is 0 Å². The van der Waals surface area contributed by atoms with Crippen molar-refractivity contribution in [3.63, 3.8) is 0 Å². The molecule has 3 aromatic heterocycles. The van der Waals surface area contributed by atoms with Gasteiger partial charge in [-0.15, -0.1) is 0 Å². The lowest BCUT2D eigenvalue weighted by atomic mass is 10.2. The molecule has 4 rings (SSSR count). The summed E-state index contributed by atoms with van der Waals surface area (Å²) in [6.07, 6.45) is 4.54. The van der Waals surface area contributed by atoms with Crippen molar-refractivity contribution in [2.24, 2.45) is 0 Å².